The van der Waals surface area contributed by atoms with Crippen molar-refractivity contribution >= 4 is 6.08 Å². The van der Waals surface area contributed by atoms with Crippen LogP contribution in [0.4, 0.5) is 0 Å². The summed E-state index contributed by atoms with van der Waals surface area (Å²) in [7, 11) is 0. The Morgan fingerprint density at radius 3 is 2.25 bits per heavy atom. The molecule has 0 fully saturated rings. The van der Waals surface area contributed by atoms with Gasteiger partial charge in [0.1, 0.15) is 0 Å². The van der Waals surface area contributed by atoms with Crippen molar-refractivity contribution in [1.82, 2.24) is 0 Å². The predicted molar refractivity (Wildman–Crippen MR) is 87.9 cm³/mol. The molecule has 2 aliphatic rings. The van der Waals surface area contributed by atoms with Crippen molar-refractivity contribution in [3.8, 4) is 0 Å². The maximum Gasteiger partial charge on any atom is -0.0225 e. The molecule has 0 saturated carbocycles. The van der Waals surface area contributed by atoms with E-state index < -0.39 is 0 Å². The van der Waals surface area contributed by atoms with Crippen molar-refractivity contribution < 1.29 is 0 Å². The van der Waals surface area contributed by atoms with Crippen molar-refractivity contribution in [1.29, 1.82) is 0 Å². The van der Waals surface area contributed by atoms with Crippen LogP contribution < -0.4 is 0 Å². The number of allylic oxidation sites excluding steroid dienone is 1. The third-order valence-electron chi connectivity index (χ3n) is 5.45. The van der Waals surface area contributed by atoms with Gasteiger partial charge in [0.05, 0.1) is 0 Å². The monoisotopic (exact) mass is 268 g/mol. The second-order valence-electron chi connectivity index (χ2n) is 7.28. The Balaban J connectivity index is 1.89. The molecule has 0 amide bonds. The van der Waals surface area contributed by atoms with E-state index in [0.29, 0.717) is 0 Å². The minimum absolute atomic E-state index is 0.729. The van der Waals surface area contributed by atoms with E-state index in [0.717, 1.165) is 17.8 Å². The Bertz CT molecular complexity index is 507. The Hall–Kier alpha value is -1.04. The lowest BCUT2D eigenvalue weighted by Crippen LogP contribution is -2.08. The smallest absolute Gasteiger partial charge is 0.0225 e. The third-order valence-corrected chi connectivity index (χ3v) is 5.45. The summed E-state index contributed by atoms with van der Waals surface area (Å²) >= 11 is 0. The summed E-state index contributed by atoms with van der Waals surface area (Å²) in [5.41, 5.74) is 6.37. The topological polar surface area (TPSA) is 0 Å². The molecule has 2 atom stereocenters. The molecule has 0 N–H and O–H groups in total. The summed E-state index contributed by atoms with van der Waals surface area (Å²) in [5.74, 6) is 2.48. The van der Waals surface area contributed by atoms with Crippen molar-refractivity contribution in [2.24, 2.45) is 17.8 Å². The van der Waals surface area contributed by atoms with Gasteiger partial charge in [0, 0.05) is 0 Å². The number of aryl methyl sites for hydroxylation is 3. The second-order valence-corrected chi connectivity index (χ2v) is 7.28. The molecule has 0 heterocycles. The summed E-state index contributed by atoms with van der Waals surface area (Å²) in [4.78, 5) is 0. The predicted octanol–water partition coefficient (Wildman–Crippen LogP) is 5.43. The summed E-state index contributed by atoms with van der Waals surface area (Å²) in [6.07, 6.45) is 12.7. The maximum atomic E-state index is 2.54. The normalized spacial score (nSPS) is 25.8. The van der Waals surface area contributed by atoms with Gasteiger partial charge < -0.3 is 0 Å². The minimum Gasteiger partial charge on any atom is -0.0811 e. The zero-order chi connectivity index (χ0) is 14.1. The van der Waals surface area contributed by atoms with Crippen molar-refractivity contribution in [2.75, 3.05) is 0 Å². The third kappa shape index (κ3) is 2.85. The molecule has 3 rings (SSSR count). The van der Waals surface area contributed by atoms with E-state index in [-0.39, 0.29) is 0 Å². The Labute approximate surface area is 124 Å². The van der Waals surface area contributed by atoms with Crippen LogP contribution in [0.1, 0.15) is 62.3 Å². The van der Waals surface area contributed by atoms with Crippen LogP contribution in [0.5, 0.6) is 0 Å². The molecule has 0 spiro atoms. The Kier molecular flexibility index (Phi) is 4.01. The fourth-order valence-electron chi connectivity index (χ4n) is 3.84. The highest BCUT2D eigenvalue weighted by Gasteiger charge is 2.20. The molecule has 2 unspecified atom stereocenters. The first-order valence-electron chi connectivity index (χ1n) is 8.46. The minimum atomic E-state index is 0.729. The van der Waals surface area contributed by atoms with Gasteiger partial charge >= 0.3 is 0 Å². The van der Waals surface area contributed by atoms with Crippen molar-refractivity contribution in [2.45, 2.75) is 59.3 Å². The van der Waals surface area contributed by atoms with Gasteiger partial charge in [-0.25, -0.2) is 0 Å². The lowest BCUT2D eigenvalue weighted by Gasteiger charge is -2.17. The fraction of sp³-hybridized carbons (Fsp3) is 0.600. The molecule has 1 aromatic carbocycles. The van der Waals surface area contributed by atoms with Gasteiger partial charge in [0.15, 0.2) is 0 Å². The quantitative estimate of drug-likeness (QED) is 0.595. The number of fused-ring (bicyclic) bond motifs is 2. The lowest BCUT2D eigenvalue weighted by molar-refractivity contribution is 0.345. The number of rotatable bonds is 1. The maximum absolute atomic E-state index is 2.54. The molecule has 0 bridgehead atoms. The molecule has 2 aliphatic carbocycles. The van der Waals surface area contributed by atoms with Crippen molar-refractivity contribution in [3.63, 3.8) is 0 Å². The molecule has 0 radical (unpaired) electrons. The van der Waals surface area contributed by atoms with Gasteiger partial charge in [-0.2, -0.15) is 0 Å². The van der Waals surface area contributed by atoms with Gasteiger partial charge in [0.25, 0.3) is 0 Å². The molecule has 0 aliphatic heterocycles. The molecule has 0 aromatic heterocycles. The van der Waals surface area contributed by atoms with Crippen LogP contribution >= 0.6 is 0 Å². The van der Waals surface area contributed by atoms with Gasteiger partial charge in [-0.15, -0.1) is 0 Å². The van der Waals surface area contributed by atoms with Crippen LogP contribution in [0.2, 0.25) is 0 Å². The lowest BCUT2D eigenvalue weighted by atomic mass is 9.88. The Morgan fingerprint density at radius 2 is 1.55 bits per heavy atom. The highest BCUT2D eigenvalue weighted by molar-refractivity contribution is 5.58. The largest absolute Gasteiger partial charge is 0.0811 e. The van der Waals surface area contributed by atoms with Gasteiger partial charge in [-0.1, -0.05) is 45.1 Å². The van der Waals surface area contributed by atoms with E-state index in [1.54, 1.807) is 16.7 Å². The molecular weight excluding hydrogens is 240 g/mol. The molecule has 20 heavy (non-hydrogen) atoms. The van der Waals surface area contributed by atoms with E-state index >= 15 is 0 Å². The number of benzene rings is 1. The number of hydrogen-bond acceptors (Lipinski definition) is 0. The highest BCUT2D eigenvalue weighted by atomic mass is 14.3. The average molecular weight is 268 g/mol. The highest BCUT2D eigenvalue weighted by Crippen LogP contribution is 2.32. The summed E-state index contributed by atoms with van der Waals surface area (Å²) < 4.78 is 0. The van der Waals surface area contributed by atoms with Crippen LogP contribution in [0.25, 0.3) is 6.08 Å². The molecule has 108 valence electrons. The van der Waals surface area contributed by atoms with E-state index in [4.69, 9.17) is 0 Å². The van der Waals surface area contributed by atoms with Crippen LogP contribution in [-0.2, 0) is 19.3 Å². The SMILES string of the molecule is CC1C=Cc2cc3c(cc2CC1)CCC(C(C)C)CC3. The average Bonchev–Trinajstić information content (AvgIpc) is 2.73. The molecular formula is C20H28. The van der Waals surface area contributed by atoms with E-state index in [1.807, 2.05) is 0 Å². The zero-order valence-electron chi connectivity index (χ0n) is 13.3. The zero-order valence-corrected chi connectivity index (χ0v) is 13.3. The Morgan fingerprint density at radius 1 is 0.900 bits per heavy atom. The van der Waals surface area contributed by atoms with Crippen LogP contribution in [-0.4, -0.2) is 0 Å². The molecule has 1 aromatic rings. The fourth-order valence-corrected chi connectivity index (χ4v) is 3.84. The first-order valence-corrected chi connectivity index (χ1v) is 8.46. The van der Waals surface area contributed by atoms with Gasteiger partial charge in [-0.05, 0) is 78.5 Å². The van der Waals surface area contributed by atoms with E-state index in [9.17, 15) is 0 Å². The van der Waals surface area contributed by atoms with Crippen molar-refractivity contribution in [3.05, 3.63) is 40.5 Å². The van der Waals surface area contributed by atoms with E-state index in [1.165, 1.54) is 44.1 Å². The van der Waals surface area contributed by atoms with Crippen LogP contribution in [0.15, 0.2) is 18.2 Å². The summed E-state index contributed by atoms with van der Waals surface area (Å²) in [6, 6.07) is 5.04. The molecule has 0 saturated heterocycles. The molecule has 0 heteroatoms. The standard InChI is InChI=1S/C20H28/c1-14(2)16-8-10-19-12-17-6-4-15(3)5-7-18(17)13-20(19)11-9-16/h4,6,12-16H,5,7-11H2,1-3H3. The van der Waals surface area contributed by atoms with E-state index in [2.05, 4.69) is 45.1 Å². The molecule has 0 nitrogen and oxygen atoms in total. The summed E-state index contributed by atoms with van der Waals surface area (Å²) in [5, 5.41) is 0. The first-order chi connectivity index (χ1) is 9.63. The number of hydrogen-bond donors (Lipinski definition) is 0. The summed E-state index contributed by atoms with van der Waals surface area (Å²) in [6.45, 7) is 7.11. The first kappa shape index (κ1) is 13.9. The van der Waals surface area contributed by atoms with Crippen LogP contribution in [0.3, 0.4) is 0 Å². The second kappa shape index (κ2) is 5.76. The van der Waals surface area contributed by atoms with Gasteiger partial charge in [-0.3, -0.25) is 0 Å². The van der Waals surface area contributed by atoms with Crippen LogP contribution in [0, 0.1) is 17.8 Å². The van der Waals surface area contributed by atoms with Gasteiger partial charge in [0.2, 0.25) is 0 Å².